The van der Waals surface area contributed by atoms with Gasteiger partial charge >= 0.3 is 12.7 Å². The number of sulfone groups is 2. The van der Waals surface area contributed by atoms with Crippen LogP contribution in [0.2, 0.25) is 0 Å². The van der Waals surface area contributed by atoms with Crippen LogP contribution in [0.1, 0.15) is 64.8 Å². The first-order valence-corrected chi connectivity index (χ1v) is 17.5. The quantitative estimate of drug-likeness (QED) is 0.211. The highest BCUT2D eigenvalue weighted by atomic mass is 35.5. The van der Waals surface area contributed by atoms with Crippen molar-refractivity contribution in [3.8, 4) is 11.5 Å². The Bertz CT molecular complexity index is 1750. The highest BCUT2D eigenvalue weighted by molar-refractivity contribution is 8.07. The number of halogens is 9. The Labute approximate surface area is 289 Å². The Morgan fingerprint density at radius 1 is 0.760 bits per heavy atom. The number of benzene rings is 2. The first-order valence-electron chi connectivity index (χ1n) is 13.9. The lowest BCUT2D eigenvalue weighted by atomic mass is 10.1. The summed E-state index contributed by atoms with van der Waals surface area (Å²) in [5, 5.41) is 4.61. The van der Waals surface area contributed by atoms with Crippen LogP contribution in [-0.2, 0) is 35.1 Å². The predicted molar refractivity (Wildman–Crippen MR) is 169 cm³/mol. The molecule has 3 atom stereocenters. The van der Waals surface area contributed by atoms with Crippen molar-refractivity contribution in [1.29, 1.82) is 0 Å². The molecule has 2 aliphatic rings. The van der Waals surface area contributed by atoms with Gasteiger partial charge in [-0.3, -0.25) is 0 Å². The molecule has 0 aliphatic carbocycles. The van der Waals surface area contributed by atoms with Crippen LogP contribution in [0.5, 0.6) is 11.5 Å². The first-order chi connectivity index (χ1) is 22.3. The maximum Gasteiger partial charge on any atom is 0.573 e. The van der Waals surface area contributed by atoms with Crippen molar-refractivity contribution in [3.63, 3.8) is 0 Å². The number of hydrogen-bond acceptors (Lipinski definition) is 10. The lowest BCUT2D eigenvalue weighted by Gasteiger charge is -2.20. The molecule has 21 heteroatoms. The molecule has 0 saturated carbocycles. The SMILES string of the molecule is C.CC.CC1(C)ON=C(S(=O)(=O)C(Cl)c2ccccc2OC(F)(F)F)C1F.CC1(C)ON=C(S(=O)(=O)Cc2ccccc2OC(F)(F)F)C1F. The Morgan fingerprint density at radius 2 is 1.16 bits per heavy atom. The summed E-state index contributed by atoms with van der Waals surface area (Å²) in [4.78, 5) is 9.43. The largest absolute Gasteiger partial charge is 0.573 e. The summed E-state index contributed by atoms with van der Waals surface area (Å²) in [7, 11) is -8.93. The summed E-state index contributed by atoms with van der Waals surface area (Å²) in [5.74, 6) is -2.36. The van der Waals surface area contributed by atoms with E-state index in [4.69, 9.17) is 21.3 Å². The topological polar surface area (TPSA) is 130 Å². The number of para-hydroxylation sites is 2. The normalized spacial score (nSPS) is 20.1. The summed E-state index contributed by atoms with van der Waals surface area (Å²) in [6.07, 6.45) is -14.1. The minimum Gasteiger partial charge on any atom is -0.405 e. The molecule has 0 aromatic heterocycles. The first kappa shape index (κ1) is 44.6. The number of rotatable bonds is 6. The van der Waals surface area contributed by atoms with Gasteiger partial charge in [0.2, 0.25) is 29.8 Å². The second-order valence-electron chi connectivity index (χ2n) is 10.8. The summed E-state index contributed by atoms with van der Waals surface area (Å²) >= 11 is 5.83. The molecule has 0 fully saturated rings. The average Bonchev–Trinajstić information content (AvgIpc) is 3.42. The van der Waals surface area contributed by atoms with E-state index in [0.29, 0.717) is 0 Å². The second kappa shape index (κ2) is 16.3. The smallest absolute Gasteiger partial charge is 0.405 e. The van der Waals surface area contributed by atoms with Crippen molar-refractivity contribution in [1.82, 2.24) is 0 Å². The summed E-state index contributed by atoms with van der Waals surface area (Å²) < 4.78 is 157. The van der Waals surface area contributed by atoms with Crippen LogP contribution in [0.3, 0.4) is 0 Å². The molecule has 3 unspecified atom stereocenters. The molecule has 0 radical (unpaired) electrons. The van der Waals surface area contributed by atoms with Crippen LogP contribution in [0, 0.1) is 0 Å². The molecule has 0 amide bonds. The highest BCUT2D eigenvalue weighted by Crippen LogP contribution is 2.40. The van der Waals surface area contributed by atoms with E-state index in [-0.39, 0.29) is 13.0 Å². The molecule has 0 spiro atoms. The van der Waals surface area contributed by atoms with Gasteiger partial charge in [-0.05, 0) is 39.8 Å². The third-order valence-electron chi connectivity index (χ3n) is 6.21. The number of hydrogen-bond donors (Lipinski definition) is 0. The van der Waals surface area contributed by atoms with E-state index in [1.165, 1.54) is 52.0 Å². The van der Waals surface area contributed by atoms with Gasteiger partial charge in [0.15, 0.2) is 28.3 Å². The molecular weight excluding hydrogens is 756 g/mol. The third-order valence-corrected chi connectivity index (χ3v) is 10.4. The van der Waals surface area contributed by atoms with Gasteiger partial charge in [0, 0.05) is 11.1 Å². The lowest BCUT2D eigenvalue weighted by molar-refractivity contribution is -0.275. The molecule has 2 heterocycles. The minimum atomic E-state index is -5.05. The number of oxime groups is 2. The fraction of sp³-hybridized carbons (Fsp3) is 0.517. The zero-order chi connectivity index (χ0) is 37.8. The molecule has 4 rings (SSSR count). The molecule has 0 saturated heterocycles. The summed E-state index contributed by atoms with van der Waals surface area (Å²) in [5.41, 5.74) is -3.73. The fourth-order valence-corrected chi connectivity index (χ4v) is 7.25. The second-order valence-corrected chi connectivity index (χ2v) is 15.4. The minimum absolute atomic E-state index is 0. The molecule has 2 aliphatic heterocycles. The van der Waals surface area contributed by atoms with E-state index >= 15 is 0 Å². The Kier molecular flexibility index (Phi) is 14.6. The standard InChI is InChI=1S/C13H12ClF4NO4S.C13H13F4NO4S.C2H6.CH4/c1-12(2)9(15)11(19-23-12)24(20,21)10(14)7-5-3-4-6-8(7)22-13(16,17)18;1-12(2)10(14)11(18-22-12)23(19,20)7-8-5-3-4-6-9(8)21-13(15,16)17;1-2;/h3-6,9-10H,1-2H3;3-6,10H,7H2,1-2H3;1-2H3;1H4. The van der Waals surface area contributed by atoms with Crippen molar-refractivity contribution in [2.24, 2.45) is 10.3 Å². The van der Waals surface area contributed by atoms with Crippen LogP contribution in [0.25, 0.3) is 0 Å². The monoisotopic (exact) mass is 790 g/mol. The fourth-order valence-electron chi connectivity index (χ4n) is 3.80. The van der Waals surface area contributed by atoms with Gasteiger partial charge < -0.3 is 19.1 Å². The lowest BCUT2D eigenvalue weighted by Crippen LogP contribution is -2.38. The van der Waals surface area contributed by atoms with Crippen molar-refractivity contribution in [2.45, 2.75) is 95.7 Å². The molecule has 0 bridgehead atoms. The van der Waals surface area contributed by atoms with Crippen LogP contribution in [-0.4, -0.2) is 63.2 Å². The van der Waals surface area contributed by atoms with Gasteiger partial charge in [0.1, 0.15) is 11.5 Å². The molecular formula is C29H35ClF8N2O8S2. The van der Waals surface area contributed by atoms with Crippen molar-refractivity contribution < 1.29 is 71.1 Å². The molecule has 2 aromatic carbocycles. The van der Waals surface area contributed by atoms with Gasteiger partial charge in [0.25, 0.3) is 0 Å². The van der Waals surface area contributed by atoms with E-state index < -0.39 is 93.6 Å². The van der Waals surface area contributed by atoms with E-state index in [9.17, 15) is 52.0 Å². The maximum atomic E-state index is 14.2. The summed E-state index contributed by atoms with van der Waals surface area (Å²) in [6, 6.07) is 9.13. The Hall–Kier alpha value is -3.39. The van der Waals surface area contributed by atoms with Crippen LogP contribution in [0.4, 0.5) is 35.1 Å². The zero-order valence-electron chi connectivity index (χ0n) is 26.4. The van der Waals surface area contributed by atoms with Gasteiger partial charge in [0.05, 0.1) is 5.75 Å². The van der Waals surface area contributed by atoms with Crippen molar-refractivity contribution >= 4 is 41.4 Å². The van der Waals surface area contributed by atoms with Crippen molar-refractivity contribution in [2.75, 3.05) is 0 Å². The van der Waals surface area contributed by atoms with Gasteiger partial charge in [-0.25, -0.2) is 25.6 Å². The zero-order valence-corrected chi connectivity index (χ0v) is 28.8. The van der Waals surface area contributed by atoms with Crippen molar-refractivity contribution in [3.05, 3.63) is 59.7 Å². The van der Waals surface area contributed by atoms with E-state index in [2.05, 4.69) is 19.8 Å². The average molecular weight is 791 g/mol. The third kappa shape index (κ3) is 11.1. The van der Waals surface area contributed by atoms with Gasteiger partial charge in [-0.2, -0.15) is 0 Å². The number of alkyl halides is 9. The number of nitrogens with zero attached hydrogens (tertiary/aromatic N) is 2. The van der Waals surface area contributed by atoms with E-state index in [0.717, 1.165) is 24.3 Å². The highest BCUT2D eigenvalue weighted by Gasteiger charge is 2.51. The van der Waals surface area contributed by atoms with E-state index in [1.54, 1.807) is 0 Å². The predicted octanol–water partition coefficient (Wildman–Crippen LogP) is 8.32. The Balaban J connectivity index is 0.000000468. The summed E-state index contributed by atoms with van der Waals surface area (Å²) in [6.45, 7) is 9.16. The van der Waals surface area contributed by atoms with E-state index in [1.807, 2.05) is 13.8 Å². The van der Waals surface area contributed by atoms with Gasteiger partial charge in [-0.1, -0.05) is 79.6 Å². The molecule has 50 heavy (non-hydrogen) atoms. The van der Waals surface area contributed by atoms with Crippen LogP contribution in [0.15, 0.2) is 58.8 Å². The van der Waals surface area contributed by atoms with Crippen LogP contribution >= 0.6 is 11.6 Å². The molecule has 2 aromatic rings. The molecule has 284 valence electrons. The molecule has 10 nitrogen and oxygen atoms in total. The Morgan fingerprint density at radius 3 is 1.60 bits per heavy atom. The molecule has 0 N–H and O–H groups in total. The van der Waals surface area contributed by atoms with Gasteiger partial charge in [-0.15, -0.1) is 26.3 Å². The van der Waals surface area contributed by atoms with Crippen LogP contribution < -0.4 is 9.47 Å². The number of ether oxygens (including phenoxy) is 2. The maximum absolute atomic E-state index is 14.2.